The number of carbonyl (C=O) groups excluding carboxylic acids is 4. The quantitative estimate of drug-likeness (QED) is 0.278. The molecule has 5 atom stereocenters. The van der Waals surface area contributed by atoms with Gasteiger partial charge in [0.15, 0.2) is 0 Å². The highest BCUT2D eigenvalue weighted by Gasteiger charge is 2.48. The molecule has 4 amide bonds. The van der Waals surface area contributed by atoms with E-state index in [9.17, 15) is 19.2 Å². The van der Waals surface area contributed by atoms with Crippen LogP contribution in [0.15, 0.2) is 60.7 Å². The Bertz CT molecular complexity index is 1150. The van der Waals surface area contributed by atoms with Crippen LogP contribution in [0.25, 0.3) is 0 Å². The van der Waals surface area contributed by atoms with Crippen molar-refractivity contribution in [2.75, 3.05) is 20.1 Å². The van der Waals surface area contributed by atoms with Gasteiger partial charge in [-0.3, -0.25) is 19.2 Å². The highest BCUT2D eigenvalue weighted by Crippen LogP contribution is 2.34. The van der Waals surface area contributed by atoms with E-state index in [-0.39, 0.29) is 48.8 Å². The summed E-state index contributed by atoms with van der Waals surface area (Å²) in [5.41, 5.74) is 7.88. The van der Waals surface area contributed by atoms with Gasteiger partial charge < -0.3 is 31.9 Å². The molecule has 10 nitrogen and oxygen atoms in total. The van der Waals surface area contributed by atoms with Crippen LogP contribution in [0.3, 0.4) is 0 Å². The number of nitrogens with two attached hydrogens (primary N) is 1. The molecule has 2 aromatic rings. The van der Waals surface area contributed by atoms with E-state index in [1.165, 1.54) is 0 Å². The molecular weight excluding hydrogens is 520 g/mol. The Kier molecular flexibility index (Phi) is 10.5. The number of amides is 4. The summed E-state index contributed by atoms with van der Waals surface area (Å²) in [5.74, 6) is -1.46. The fraction of sp³-hybridized carbons (Fsp3) is 0.484. The lowest BCUT2D eigenvalue weighted by molar-refractivity contribution is -0.143. The summed E-state index contributed by atoms with van der Waals surface area (Å²) in [5, 5.41) is 11.8. The zero-order chi connectivity index (χ0) is 29.4. The molecule has 2 aliphatic heterocycles. The highest BCUT2D eigenvalue weighted by molar-refractivity contribution is 5.94. The Labute approximate surface area is 241 Å². The minimum atomic E-state index is -0.896. The molecule has 0 saturated carbocycles. The fourth-order valence-corrected chi connectivity index (χ4v) is 5.89. The van der Waals surface area contributed by atoms with Crippen LogP contribution >= 0.6 is 0 Å². The van der Waals surface area contributed by atoms with Crippen molar-refractivity contribution in [1.29, 1.82) is 0 Å². The number of carbonyl (C=O) groups is 4. The van der Waals surface area contributed by atoms with Crippen molar-refractivity contribution < 1.29 is 19.2 Å². The molecule has 4 unspecified atom stereocenters. The fourth-order valence-electron chi connectivity index (χ4n) is 5.89. The number of nitrogens with one attached hydrogen (secondary N) is 4. The van der Waals surface area contributed by atoms with Gasteiger partial charge in [0.05, 0.1) is 18.6 Å². The monoisotopic (exact) mass is 562 g/mol. The Morgan fingerprint density at radius 2 is 1.56 bits per heavy atom. The van der Waals surface area contributed by atoms with Crippen LogP contribution in [0.5, 0.6) is 0 Å². The van der Waals surface area contributed by atoms with Crippen LogP contribution in [-0.4, -0.2) is 72.8 Å². The van der Waals surface area contributed by atoms with E-state index in [0.29, 0.717) is 32.1 Å². The predicted octanol–water partition coefficient (Wildman–Crippen LogP) is 1.22. The minimum absolute atomic E-state index is 0.123. The average Bonchev–Trinajstić information content (AvgIpc) is 3.38. The summed E-state index contributed by atoms with van der Waals surface area (Å²) in [6.45, 7) is 2.20. The molecule has 220 valence electrons. The van der Waals surface area contributed by atoms with Crippen LogP contribution in [0, 0.1) is 5.92 Å². The van der Waals surface area contributed by atoms with Crippen molar-refractivity contribution in [3.05, 3.63) is 71.8 Å². The van der Waals surface area contributed by atoms with Crippen molar-refractivity contribution in [1.82, 2.24) is 26.2 Å². The Balaban J connectivity index is 1.58. The van der Waals surface area contributed by atoms with Crippen LogP contribution in [0.4, 0.5) is 0 Å². The van der Waals surface area contributed by atoms with Crippen molar-refractivity contribution in [3.8, 4) is 0 Å². The second-order valence-electron chi connectivity index (χ2n) is 10.9. The first-order valence-electron chi connectivity index (χ1n) is 14.5. The van der Waals surface area contributed by atoms with Crippen LogP contribution in [0.1, 0.15) is 56.2 Å². The summed E-state index contributed by atoms with van der Waals surface area (Å²) in [4.78, 5) is 54.8. The number of rotatable bonds is 11. The van der Waals surface area contributed by atoms with E-state index in [4.69, 9.17) is 5.73 Å². The number of likely N-dealkylation sites (N-methyl/N-ethyl adjacent to an activating group) is 1. The molecule has 0 bridgehead atoms. The van der Waals surface area contributed by atoms with Crippen LogP contribution in [-0.2, 0) is 19.2 Å². The number of fused-ring (bicyclic) bond motifs is 1. The zero-order valence-corrected chi connectivity index (χ0v) is 23.8. The van der Waals surface area contributed by atoms with E-state index >= 15 is 0 Å². The Morgan fingerprint density at radius 3 is 2.15 bits per heavy atom. The predicted molar refractivity (Wildman–Crippen MR) is 156 cm³/mol. The van der Waals surface area contributed by atoms with Crippen molar-refractivity contribution in [3.63, 3.8) is 0 Å². The van der Waals surface area contributed by atoms with E-state index < -0.39 is 24.0 Å². The largest absolute Gasteiger partial charge is 0.355 e. The molecular formula is C31H42N6O4. The minimum Gasteiger partial charge on any atom is -0.355 e. The van der Waals surface area contributed by atoms with Gasteiger partial charge in [-0.1, -0.05) is 67.6 Å². The lowest BCUT2D eigenvalue weighted by atomic mass is 9.92. The van der Waals surface area contributed by atoms with Gasteiger partial charge in [0.2, 0.25) is 23.6 Å². The molecule has 2 fully saturated rings. The van der Waals surface area contributed by atoms with Gasteiger partial charge in [0.25, 0.3) is 0 Å². The third-order valence-corrected chi connectivity index (χ3v) is 8.19. The molecule has 0 aromatic heterocycles. The lowest BCUT2D eigenvalue weighted by Gasteiger charge is -2.33. The topological polar surface area (TPSA) is 146 Å². The molecule has 2 aliphatic rings. The maximum Gasteiger partial charge on any atom is 0.246 e. The molecule has 41 heavy (non-hydrogen) atoms. The number of benzene rings is 2. The first-order valence-corrected chi connectivity index (χ1v) is 14.5. The SMILES string of the molecule is CC[C@H](N)C(=O)NC1C(=O)N2C(CCC1CNC(=O)CNC)CCC2C(=O)NC(c1ccccc1)c1ccccc1. The first-order chi connectivity index (χ1) is 19.8. The van der Waals surface area contributed by atoms with Gasteiger partial charge in [-0.2, -0.15) is 0 Å². The Hall–Kier alpha value is -3.76. The second kappa shape index (κ2) is 14.2. The first kappa shape index (κ1) is 30.2. The Morgan fingerprint density at radius 1 is 0.951 bits per heavy atom. The molecule has 0 spiro atoms. The van der Waals surface area contributed by atoms with Crippen LogP contribution in [0.2, 0.25) is 0 Å². The number of nitrogens with zero attached hydrogens (tertiary/aromatic N) is 1. The third kappa shape index (κ3) is 7.31. The smallest absolute Gasteiger partial charge is 0.246 e. The summed E-state index contributed by atoms with van der Waals surface area (Å²) < 4.78 is 0. The third-order valence-electron chi connectivity index (χ3n) is 8.19. The van der Waals surface area contributed by atoms with Gasteiger partial charge in [0, 0.05) is 18.5 Å². The lowest BCUT2D eigenvalue weighted by Crippen LogP contribution is -2.59. The molecule has 10 heteroatoms. The normalized spacial score (nSPS) is 22.9. The molecule has 4 rings (SSSR count). The van der Waals surface area contributed by atoms with E-state index in [0.717, 1.165) is 11.1 Å². The average molecular weight is 563 g/mol. The summed E-state index contributed by atoms with van der Waals surface area (Å²) in [7, 11) is 1.68. The van der Waals surface area contributed by atoms with Gasteiger partial charge >= 0.3 is 0 Å². The highest BCUT2D eigenvalue weighted by atomic mass is 16.2. The van der Waals surface area contributed by atoms with E-state index in [1.807, 2.05) is 60.7 Å². The summed E-state index contributed by atoms with van der Waals surface area (Å²) in [6.07, 6.45) is 2.95. The van der Waals surface area contributed by atoms with E-state index in [2.05, 4.69) is 21.3 Å². The molecule has 2 heterocycles. The maximum atomic E-state index is 14.2. The van der Waals surface area contributed by atoms with Crippen molar-refractivity contribution >= 4 is 23.6 Å². The van der Waals surface area contributed by atoms with Crippen molar-refractivity contribution in [2.24, 2.45) is 11.7 Å². The second-order valence-corrected chi connectivity index (χ2v) is 10.9. The molecule has 6 N–H and O–H groups in total. The number of hydrogen-bond donors (Lipinski definition) is 5. The molecule has 2 saturated heterocycles. The van der Waals surface area contributed by atoms with Gasteiger partial charge in [-0.05, 0) is 50.3 Å². The van der Waals surface area contributed by atoms with Crippen molar-refractivity contribution in [2.45, 2.75) is 69.2 Å². The van der Waals surface area contributed by atoms with Gasteiger partial charge in [0.1, 0.15) is 12.1 Å². The standard InChI is InChI=1S/C31H42N6O4/c1-3-24(32)29(39)36-28-22(18-34-26(38)19-33-2)14-15-23-16-17-25(37(23)31(28)41)30(40)35-27(20-10-6-4-7-11-20)21-12-8-5-9-13-21/h4-13,22-25,27-28,33H,3,14-19,32H2,1-2H3,(H,34,38)(H,35,40)(H,36,39)/t22?,23?,24-,25?,28?/m0/s1. The zero-order valence-electron chi connectivity index (χ0n) is 23.8. The number of hydrogen-bond acceptors (Lipinski definition) is 6. The molecule has 2 aromatic carbocycles. The summed E-state index contributed by atoms with van der Waals surface area (Å²) >= 11 is 0. The van der Waals surface area contributed by atoms with Crippen LogP contribution < -0.4 is 27.0 Å². The summed E-state index contributed by atoms with van der Waals surface area (Å²) in [6, 6.07) is 16.7. The van der Waals surface area contributed by atoms with Gasteiger partial charge in [-0.15, -0.1) is 0 Å². The van der Waals surface area contributed by atoms with Gasteiger partial charge in [-0.25, -0.2) is 0 Å². The molecule has 0 aliphatic carbocycles. The van der Waals surface area contributed by atoms with E-state index in [1.54, 1.807) is 18.9 Å². The maximum absolute atomic E-state index is 14.2. The molecule has 0 radical (unpaired) electrons.